The zero-order chi connectivity index (χ0) is 13.3. The molecule has 0 aromatic carbocycles. The molecular weight excluding hydrogens is 228 g/mol. The number of nitrogens with zero attached hydrogens (tertiary/aromatic N) is 3. The Balaban J connectivity index is 2.05. The molecule has 0 aliphatic carbocycles. The van der Waals surface area contributed by atoms with E-state index >= 15 is 0 Å². The number of morpholine rings is 1. The molecule has 0 bridgehead atoms. The summed E-state index contributed by atoms with van der Waals surface area (Å²) in [6.07, 6.45) is 0.272. The van der Waals surface area contributed by atoms with Crippen molar-refractivity contribution >= 4 is 0 Å². The Bertz CT molecular complexity index is 396. The molecule has 2 rings (SSSR count). The fraction of sp³-hybridized carbons (Fsp3) is 0.846. The van der Waals surface area contributed by atoms with E-state index in [0.29, 0.717) is 0 Å². The molecule has 0 amide bonds. The molecule has 1 N–H and O–H groups in total. The number of H-pyrrole nitrogens is 1. The fourth-order valence-electron chi connectivity index (χ4n) is 2.25. The highest BCUT2D eigenvalue weighted by Crippen LogP contribution is 2.28. The van der Waals surface area contributed by atoms with E-state index in [1.165, 1.54) is 0 Å². The Morgan fingerprint density at radius 3 is 2.72 bits per heavy atom. The van der Waals surface area contributed by atoms with Crippen LogP contribution in [0.2, 0.25) is 0 Å². The van der Waals surface area contributed by atoms with Crippen LogP contribution < -0.4 is 0 Å². The van der Waals surface area contributed by atoms with Crippen molar-refractivity contribution in [1.29, 1.82) is 0 Å². The van der Waals surface area contributed by atoms with Crippen molar-refractivity contribution in [3.63, 3.8) is 0 Å². The van der Waals surface area contributed by atoms with Crippen LogP contribution in [0.25, 0.3) is 0 Å². The number of rotatable bonds is 2. The van der Waals surface area contributed by atoms with Gasteiger partial charge in [0.2, 0.25) is 0 Å². The molecule has 1 aliphatic heterocycles. The molecular formula is C13H24N4O. The highest BCUT2D eigenvalue weighted by Gasteiger charge is 2.33. The molecule has 1 saturated heterocycles. The molecule has 1 aromatic heterocycles. The van der Waals surface area contributed by atoms with E-state index in [1.807, 2.05) is 6.92 Å². The summed E-state index contributed by atoms with van der Waals surface area (Å²) in [5, 5.41) is 7.17. The third-order valence-electron chi connectivity index (χ3n) is 3.60. The van der Waals surface area contributed by atoms with Crippen LogP contribution >= 0.6 is 0 Å². The predicted molar refractivity (Wildman–Crippen MR) is 70.3 cm³/mol. The fourth-order valence-corrected chi connectivity index (χ4v) is 2.25. The summed E-state index contributed by atoms with van der Waals surface area (Å²) in [6.45, 7) is 13.4. The summed E-state index contributed by atoms with van der Waals surface area (Å²) in [6, 6.07) is 0.240. The summed E-state index contributed by atoms with van der Waals surface area (Å²) in [5.74, 6) is 1.75. The normalized spacial score (nSPS) is 24.2. The first-order valence-corrected chi connectivity index (χ1v) is 6.62. The van der Waals surface area contributed by atoms with Crippen LogP contribution in [-0.4, -0.2) is 45.9 Å². The quantitative estimate of drug-likeness (QED) is 0.873. The molecule has 18 heavy (non-hydrogen) atoms. The van der Waals surface area contributed by atoms with E-state index in [9.17, 15) is 0 Å². The summed E-state index contributed by atoms with van der Waals surface area (Å²) in [4.78, 5) is 6.83. The van der Waals surface area contributed by atoms with Gasteiger partial charge in [0.1, 0.15) is 5.82 Å². The maximum Gasteiger partial charge on any atom is 0.167 e. The molecule has 5 nitrogen and oxygen atoms in total. The van der Waals surface area contributed by atoms with Gasteiger partial charge in [0.15, 0.2) is 5.82 Å². The summed E-state index contributed by atoms with van der Waals surface area (Å²) >= 11 is 0. The second kappa shape index (κ2) is 4.97. The molecule has 0 spiro atoms. The molecule has 0 radical (unpaired) electrons. The van der Waals surface area contributed by atoms with E-state index in [4.69, 9.17) is 4.74 Å². The number of aryl methyl sites for hydroxylation is 1. The largest absolute Gasteiger partial charge is 0.375 e. The minimum atomic E-state index is 0.174. The van der Waals surface area contributed by atoms with E-state index in [-0.39, 0.29) is 17.6 Å². The smallest absolute Gasteiger partial charge is 0.167 e. The van der Waals surface area contributed by atoms with Crippen molar-refractivity contribution in [1.82, 2.24) is 20.1 Å². The maximum atomic E-state index is 5.87. The number of hydrogen-bond donors (Lipinski definition) is 1. The molecule has 5 heteroatoms. The average Bonchev–Trinajstić information content (AvgIpc) is 2.74. The molecule has 1 aliphatic rings. The van der Waals surface area contributed by atoms with Crippen LogP contribution in [-0.2, 0) is 4.74 Å². The van der Waals surface area contributed by atoms with Crippen molar-refractivity contribution in [2.45, 2.75) is 46.8 Å². The third kappa shape index (κ3) is 2.90. The van der Waals surface area contributed by atoms with Crippen LogP contribution in [0, 0.1) is 12.3 Å². The first-order valence-electron chi connectivity index (χ1n) is 6.62. The van der Waals surface area contributed by atoms with Crippen LogP contribution in [0.15, 0.2) is 0 Å². The lowest BCUT2D eigenvalue weighted by Gasteiger charge is -2.41. The average molecular weight is 252 g/mol. The van der Waals surface area contributed by atoms with E-state index < -0.39 is 0 Å². The molecule has 0 saturated carbocycles. The first-order chi connectivity index (χ1) is 8.38. The lowest BCUT2D eigenvalue weighted by molar-refractivity contribution is -0.0895. The van der Waals surface area contributed by atoms with Gasteiger partial charge in [-0.15, -0.1) is 0 Å². The highest BCUT2D eigenvalue weighted by atomic mass is 16.5. The second-order valence-corrected chi connectivity index (χ2v) is 6.18. The predicted octanol–water partition coefficient (Wildman–Crippen LogP) is 1.92. The van der Waals surface area contributed by atoms with Crippen molar-refractivity contribution in [2.75, 3.05) is 19.7 Å². The van der Waals surface area contributed by atoms with Crippen molar-refractivity contribution in [3.05, 3.63) is 11.6 Å². The van der Waals surface area contributed by atoms with E-state index in [1.54, 1.807) is 0 Å². The molecule has 1 fully saturated rings. The second-order valence-electron chi connectivity index (χ2n) is 6.18. The minimum Gasteiger partial charge on any atom is -0.375 e. The Kier molecular flexibility index (Phi) is 3.73. The molecule has 1 aromatic rings. The van der Waals surface area contributed by atoms with Gasteiger partial charge < -0.3 is 4.74 Å². The molecule has 2 heterocycles. The number of aromatic nitrogens is 3. The zero-order valence-corrected chi connectivity index (χ0v) is 12.0. The summed E-state index contributed by atoms with van der Waals surface area (Å²) in [5.41, 5.74) is 0.174. The summed E-state index contributed by atoms with van der Waals surface area (Å²) in [7, 11) is 0. The van der Waals surface area contributed by atoms with Crippen molar-refractivity contribution in [2.24, 2.45) is 5.41 Å². The SMILES string of the molecule is Cc1nc(C(C)N2CCOC(C(C)(C)C)C2)n[nH]1. The molecule has 2 unspecified atom stereocenters. The van der Waals surface area contributed by atoms with Crippen LogP contribution in [0.4, 0.5) is 0 Å². The lowest BCUT2D eigenvalue weighted by Crippen LogP contribution is -2.48. The topological polar surface area (TPSA) is 54.0 Å². The number of ether oxygens (including phenoxy) is 1. The summed E-state index contributed by atoms with van der Waals surface area (Å²) < 4.78 is 5.87. The Labute approximate surface area is 109 Å². The lowest BCUT2D eigenvalue weighted by atomic mass is 9.88. The van der Waals surface area contributed by atoms with Gasteiger partial charge in [-0.25, -0.2) is 4.98 Å². The van der Waals surface area contributed by atoms with Crippen molar-refractivity contribution in [3.8, 4) is 0 Å². The van der Waals surface area contributed by atoms with Crippen LogP contribution in [0.1, 0.15) is 45.4 Å². The van der Waals surface area contributed by atoms with Crippen LogP contribution in [0.5, 0.6) is 0 Å². The third-order valence-corrected chi connectivity index (χ3v) is 3.60. The first kappa shape index (κ1) is 13.5. The van der Waals surface area contributed by atoms with Crippen LogP contribution in [0.3, 0.4) is 0 Å². The Morgan fingerprint density at radius 1 is 1.44 bits per heavy atom. The van der Waals surface area contributed by atoms with E-state index in [0.717, 1.165) is 31.3 Å². The van der Waals surface area contributed by atoms with Gasteiger partial charge in [-0.2, -0.15) is 5.10 Å². The van der Waals surface area contributed by atoms with Gasteiger partial charge in [0, 0.05) is 13.1 Å². The standard InChI is InChI=1S/C13H24N4O/c1-9(12-14-10(2)15-16-12)17-6-7-18-11(8-17)13(3,4)5/h9,11H,6-8H2,1-5H3,(H,14,15,16). The van der Waals surface area contributed by atoms with Gasteiger partial charge in [-0.05, 0) is 19.3 Å². The number of hydrogen-bond acceptors (Lipinski definition) is 4. The molecule has 2 atom stereocenters. The number of aromatic amines is 1. The Morgan fingerprint density at radius 2 is 2.17 bits per heavy atom. The van der Waals surface area contributed by atoms with Gasteiger partial charge in [0.05, 0.1) is 18.8 Å². The van der Waals surface area contributed by atoms with Gasteiger partial charge >= 0.3 is 0 Å². The zero-order valence-electron chi connectivity index (χ0n) is 12.0. The van der Waals surface area contributed by atoms with Gasteiger partial charge in [-0.1, -0.05) is 20.8 Å². The van der Waals surface area contributed by atoms with Gasteiger partial charge in [0.25, 0.3) is 0 Å². The maximum absolute atomic E-state index is 5.87. The Hall–Kier alpha value is -0.940. The number of nitrogens with one attached hydrogen (secondary N) is 1. The minimum absolute atomic E-state index is 0.174. The highest BCUT2D eigenvalue weighted by molar-refractivity contribution is 4.96. The monoisotopic (exact) mass is 252 g/mol. The van der Waals surface area contributed by atoms with Gasteiger partial charge in [-0.3, -0.25) is 10.00 Å². The molecule has 102 valence electrons. The van der Waals surface area contributed by atoms with E-state index in [2.05, 4.69) is 47.8 Å². The van der Waals surface area contributed by atoms with Crippen molar-refractivity contribution < 1.29 is 4.74 Å².